The third kappa shape index (κ3) is 15.1. The molecule has 0 rings (SSSR count). The smallest absolute Gasteiger partial charge is 0.327 e. The molecule has 0 atom stereocenters. The quantitative estimate of drug-likeness (QED) is 0.330. The highest BCUT2D eigenvalue weighted by molar-refractivity contribution is 5.75. The first-order chi connectivity index (χ1) is 1.41. The molecule has 0 aliphatic heterocycles. The lowest BCUT2D eigenvalue weighted by Crippen LogP contribution is -1.94. The molecule has 0 radical (unpaired) electrons. The van der Waals surface area contributed by atoms with Gasteiger partial charge in [0, 0.05) is 0 Å². The first kappa shape index (κ1) is 8.83. The molecule has 0 amide bonds. The van der Waals surface area contributed by atoms with Gasteiger partial charge < -0.3 is 4.66 Å². The fourth-order valence-electron chi connectivity index (χ4n) is 0. The van der Waals surface area contributed by atoms with E-state index in [1.54, 1.807) is 0 Å². The van der Waals surface area contributed by atoms with E-state index in [0.717, 1.165) is 0 Å². The van der Waals surface area contributed by atoms with Crippen LogP contribution < -0.4 is 4.66 Å². The lowest BCUT2D eigenvalue weighted by molar-refractivity contribution is -1.27. The molecule has 0 bridgehead atoms. The Balaban J connectivity index is 0. The standard InChI is InChI=1S/Al.ClHO2.3H/c;2-1-3;;;/h;2H;;;. The van der Waals surface area contributed by atoms with Crippen LogP contribution in [-0.2, 0) is 0 Å². The van der Waals surface area contributed by atoms with E-state index in [0.29, 0.717) is 0 Å². The molecule has 0 aromatic heterocycles. The Bertz CT molecular complexity index is 6.00. The van der Waals surface area contributed by atoms with Gasteiger partial charge in [0.15, 0.2) is 17.4 Å². The van der Waals surface area contributed by atoms with Gasteiger partial charge in [-0.15, -0.1) is 4.66 Å². The van der Waals surface area contributed by atoms with Crippen molar-refractivity contribution in [2.24, 2.45) is 0 Å². The molecule has 0 fully saturated rings. The lowest BCUT2D eigenvalue weighted by Gasteiger charge is -1.46. The Hall–Kier alpha value is 0.742. The van der Waals surface area contributed by atoms with E-state index in [-0.39, 0.29) is 28.7 Å². The molecule has 0 spiro atoms. The summed E-state index contributed by atoms with van der Waals surface area (Å²) in [6, 6.07) is 0. The molecule has 0 saturated heterocycles. The molecule has 4 heteroatoms. The van der Waals surface area contributed by atoms with Crippen molar-refractivity contribution in [1.29, 1.82) is 0 Å². The van der Waals surface area contributed by atoms with Crippen LogP contribution in [0.15, 0.2) is 0 Å². The Morgan fingerprint density at radius 3 is 1.75 bits per heavy atom. The minimum absolute atomic E-state index is 0. The zero-order valence-electron chi connectivity index (χ0n) is 1.23. The Labute approximate surface area is 38.6 Å². The predicted molar refractivity (Wildman–Crippen MR) is 12.2 cm³/mol. The SMILES string of the molecule is [AlH3].[O-][Cl+]O. The second-order valence-corrected chi connectivity index (χ2v) is 0.207. The molecule has 0 aliphatic rings. The Morgan fingerprint density at radius 2 is 1.75 bits per heavy atom. The van der Waals surface area contributed by atoms with Crippen molar-refractivity contribution in [1.82, 2.24) is 0 Å². The van der Waals surface area contributed by atoms with Crippen molar-refractivity contribution in [3.05, 3.63) is 0 Å². The molecular weight excluding hydrogens is 94.4 g/mol. The van der Waals surface area contributed by atoms with Crippen LogP contribution in [0, 0.1) is 11.3 Å². The summed E-state index contributed by atoms with van der Waals surface area (Å²) >= 11 is -0.167. The van der Waals surface area contributed by atoms with Crippen molar-refractivity contribution in [3.63, 3.8) is 0 Å². The molecule has 1 N–H and O–H groups in total. The van der Waals surface area contributed by atoms with Crippen LogP contribution in [0.3, 0.4) is 0 Å². The third-order valence-corrected chi connectivity index (χ3v) is 0. The van der Waals surface area contributed by atoms with E-state index in [9.17, 15) is 0 Å². The molecular formula is H4AlClO2. The summed E-state index contributed by atoms with van der Waals surface area (Å²) in [6.45, 7) is 0. The summed E-state index contributed by atoms with van der Waals surface area (Å²) in [5.41, 5.74) is 0. The summed E-state index contributed by atoms with van der Waals surface area (Å²) in [6.07, 6.45) is 0. The summed E-state index contributed by atoms with van der Waals surface area (Å²) in [7, 11) is 0. The average molecular weight is 98.5 g/mol. The number of halogens is 1. The van der Waals surface area contributed by atoms with Gasteiger partial charge in [0.05, 0.1) is 0 Å². The molecule has 0 aromatic rings. The van der Waals surface area contributed by atoms with E-state index >= 15 is 0 Å². The highest BCUT2D eigenvalue weighted by atomic mass is 35.6. The first-order valence-corrected chi connectivity index (χ1v) is 0.970. The zero-order valence-corrected chi connectivity index (χ0v) is 1.99. The maximum absolute atomic E-state index is 8.35. The highest BCUT2D eigenvalue weighted by Gasteiger charge is 1.47. The Morgan fingerprint density at radius 1 is 1.75 bits per heavy atom. The van der Waals surface area contributed by atoms with Crippen LogP contribution in [0.1, 0.15) is 0 Å². The van der Waals surface area contributed by atoms with E-state index in [1.807, 2.05) is 0 Å². The van der Waals surface area contributed by atoms with Crippen molar-refractivity contribution in [2.45, 2.75) is 0 Å². The minimum Gasteiger partial charge on any atom is -0.506 e. The van der Waals surface area contributed by atoms with Crippen LogP contribution >= 0.6 is 0 Å². The second-order valence-electron chi connectivity index (χ2n) is 0.0690. The average Bonchev–Trinajstić information content (AvgIpc) is 0.918. The lowest BCUT2D eigenvalue weighted by atomic mass is 15.9. The van der Waals surface area contributed by atoms with Gasteiger partial charge in [0.2, 0.25) is 0 Å². The largest absolute Gasteiger partial charge is 0.506 e. The maximum atomic E-state index is 8.35. The fourth-order valence-corrected chi connectivity index (χ4v) is 0. The molecule has 0 unspecified atom stereocenters. The van der Waals surface area contributed by atoms with Crippen LogP contribution in [-0.4, -0.2) is 22.0 Å². The van der Waals surface area contributed by atoms with Gasteiger partial charge in [0.1, 0.15) is 0 Å². The van der Waals surface area contributed by atoms with E-state index in [4.69, 9.17) is 9.32 Å². The van der Waals surface area contributed by atoms with Gasteiger partial charge in [-0.25, -0.2) is 0 Å². The topological polar surface area (TPSA) is 43.3 Å². The zero-order chi connectivity index (χ0) is 2.71. The Kier molecular flexibility index (Phi) is 20.5. The molecule has 0 aliphatic carbocycles. The molecule has 0 aromatic carbocycles. The summed E-state index contributed by atoms with van der Waals surface area (Å²) < 4.78 is 15.2. The monoisotopic (exact) mass is 98.0 g/mol. The van der Waals surface area contributed by atoms with Crippen LogP contribution in [0.5, 0.6) is 0 Å². The van der Waals surface area contributed by atoms with E-state index in [1.165, 1.54) is 0 Å². The number of hydrogen-bond donors (Lipinski definition) is 1. The number of hydrogen-bond acceptors (Lipinski definition) is 2. The summed E-state index contributed by atoms with van der Waals surface area (Å²) in [5.74, 6) is 0. The van der Waals surface area contributed by atoms with E-state index in [2.05, 4.69) is 0 Å². The first-order valence-electron chi connectivity index (χ1n) is 0.323. The molecule has 2 nitrogen and oxygen atoms in total. The molecule has 26 valence electrons. The van der Waals surface area contributed by atoms with Crippen molar-refractivity contribution < 1.29 is 20.6 Å². The van der Waals surface area contributed by atoms with Gasteiger partial charge in [-0.05, 0) is 0 Å². The predicted octanol–water partition coefficient (Wildman–Crippen LogP) is -2.93. The normalized spacial score (nSPS) is 4.50. The van der Waals surface area contributed by atoms with Crippen molar-refractivity contribution in [3.8, 4) is 0 Å². The molecule has 0 saturated carbocycles. The van der Waals surface area contributed by atoms with Crippen LogP contribution in [0.2, 0.25) is 0 Å². The maximum Gasteiger partial charge on any atom is 0.327 e. The summed E-state index contributed by atoms with van der Waals surface area (Å²) in [4.78, 5) is 0. The minimum atomic E-state index is -0.167. The van der Waals surface area contributed by atoms with Gasteiger partial charge in [-0.3, -0.25) is 0 Å². The number of rotatable bonds is 0. The van der Waals surface area contributed by atoms with Crippen LogP contribution in [0.4, 0.5) is 0 Å². The second kappa shape index (κ2) is 9.27. The summed E-state index contributed by atoms with van der Waals surface area (Å²) in [5, 5.41) is 0. The van der Waals surface area contributed by atoms with Gasteiger partial charge >= 0.3 is 11.3 Å². The van der Waals surface area contributed by atoms with Crippen molar-refractivity contribution >= 4 is 17.4 Å². The molecule has 4 heavy (non-hydrogen) atoms. The van der Waals surface area contributed by atoms with Gasteiger partial charge in [0.25, 0.3) is 0 Å². The third-order valence-electron chi connectivity index (χ3n) is 0. The van der Waals surface area contributed by atoms with Gasteiger partial charge in [-0.1, -0.05) is 0 Å². The van der Waals surface area contributed by atoms with E-state index < -0.39 is 0 Å². The van der Waals surface area contributed by atoms with Crippen molar-refractivity contribution in [2.75, 3.05) is 0 Å². The highest BCUT2D eigenvalue weighted by Crippen LogP contribution is 1.13. The van der Waals surface area contributed by atoms with Gasteiger partial charge in [-0.2, -0.15) is 0 Å². The molecule has 0 heterocycles. The van der Waals surface area contributed by atoms with Crippen LogP contribution in [0.25, 0.3) is 0 Å². The fraction of sp³-hybridized carbons (Fsp3) is 0.